The van der Waals surface area contributed by atoms with Gasteiger partial charge in [0.05, 0.1) is 0 Å². The molecule has 1 heterocycles. The average Bonchev–Trinajstić information content (AvgIpc) is 2.78. The van der Waals surface area contributed by atoms with Crippen LogP contribution in [0.25, 0.3) is 0 Å². The van der Waals surface area contributed by atoms with E-state index in [-0.39, 0.29) is 4.21 Å². The normalized spacial score (nSPS) is 11.9. The van der Waals surface area contributed by atoms with Crippen molar-refractivity contribution in [3.63, 3.8) is 0 Å². The van der Waals surface area contributed by atoms with Crippen LogP contribution in [0, 0.1) is 0 Å². The molecular weight excluding hydrogens is 268 g/mol. The van der Waals surface area contributed by atoms with Crippen LogP contribution in [0.5, 0.6) is 0 Å². The summed E-state index contributed by atoms with van der Waals surface area (Å²) in [5, 5.41) is 1.63. The van der Waals surface area contributed by atoms with Gasteiger partial charge in [0.2, 0.25) is 0 Å². The highest BCUT2D eigenvalue weighted by Crippen LogP contribution is 2.25. The second-order valence-electron chi connectivity index (χ2n) is 3.95. The molecule has 6 heteroatoms. The van der Waals surface area contributed by atoms with Crippen LogP contribution in [0.15, 0.2) is 46.0 Å². The summed E-state index contributed by atoms with van der Waals surface area (Å²) in [5.41, 5.74) is 6.99. The Bertz CT molecular complexity index is 621. The summed E-state index contributed by atoms with van der Waals surface area (Å²) in [6, 6.07) is 11.0. The largest absolute Gasteiger partial charge is 0.398 e. The van der Waals surface area contributed by atoms with Gasteiger partial charge in [0, 0.05) is 24.7 Å². The first kappa shape index (κ1) is 13.1. The predicted molar refractivity (Wildman–Crippen MR) is 73.8 cm³/mol. The number of nitrogens with two attached hydrogens (primary N) is 1. The first-order valence-electron chi connectivity index (χ1n) is 5.34. The average molecular weight is 282 g/mol. The number of benzene rings is 1. The van der Waals surface area contributed by atoms with Crippen molar-refractivity contribution in [3.05, 3.63) is 47.3 Å². The molecule has 0 aliphatic heterocycles. The SMILES string of the molecule is CN(Cc1ccccc1)S(=O)(=O)c1cc(N)cs1. The zero-order valence-corrected chi connectivity index (χ0v) is 11.5. The van der Waals surface area contributed by atoms with Gasteiger partial charge in [-0.2, -0.15) is 4.31 Å². The number of anilines is 1. The lowest BCUT2D eigenvalue weighted by atomic mass is 10.2. The van der Waals surface area contributed by atoms with Crippen molar-refractivity contribution in [2.24, 2.45) is 0 Å². The number of sulfonamides is 1. The summed E-state index contributed by atoms with van der Waals surface area (Å²) < 4.78 is 26.1. The van der Waals surface area contributed by atoms with E-state index in [1.807, 2.05) is 30.3 Å². The molecule has 0 bridgehead atoms. The second-order valence-corrected chi connectivity index (χ2v) is 7.13. The number of nitrogen functional groups attached to an aromatic ring is 1. The van der Waals surface area contributed by atoms with Crippen molar-refractivity contribution in [1.29, 1.82) is 0 Å². The Kier molecular flexibility index (Phi) is 3.70. The van der Waals surface area contributed by atoms with E-state index >= 15 is 0 Å². The quantitative estimate of drug-likeness (QED) is 0.934. The van der Waals surface area contributed by atoms with Crippen LogP contribution in [0.2, 0.25) is 0 Å². The van der Waals surface area contributed by atoms with Crippen molar-refractivity contribution in [2.75, 3.05) is 12.8 Å². The highest BCUT2D eigenvalue weighted by atomic mass is 32.2. The third-order valence-corrected chi connectivity index (χ3v) is 5.75. The van der Waals surface area contributed by atoms with E-state index in [1.54, 1.807) is 12.4 Å². The molecule has 0 fully saturated rings. The van der Waals surface area contributed by atoms with Gasteiger partial charge in [-0.1, -0.05) is 30.3 Å². The second kappa shape index (κ2) is 5.09. The van der Waals surface area contributed by atoms with E-state index in [9.17, 15) is 8.42 Å². The van der Waals surface area contributed by atoms with Gasteiger partial charge in [-0.05, 0) is 11.6 Å². The highest BCUT2D eigenvalue weighted by molar-refractivity contribution is 7.91. The first-order chi connectivity index (χ1) is 8.50. The summed E-state index contributed by atoms with van der Waals surface area (Å²) in [4.78, 5) is 0. The molecule has 4 nitrogen and oxygen atoms in total. The van der Waals surface area contributed by atoms with Gasteiger partial charge in [0.1, 0.15) is 4.21 Å². The summed E-state index contributed by atoms with van der Waals surface area (Å²) >= 11 is 1.14. The summed E-state index contributed by atoms with van der Waals surface area (Å²) in [7, 11) is -1.88. The third-order valence-electron chi connectivity index (χ3n) is 2.51. The molecule has 18 heavy (non-hydrogen) atoms. The molecule has 0 aliphatic carbocycles. The minimum Gasteiger partial charge on any atom is -0.398 e. The fourth-order valence-electron chi connectivity index (χ4n) is 1.54. The molecule has 0 radical (unpaired) electrons. The Morgan fingerprint density at radius 3 is 2.50 bits per heavy atom. The molecule has 0 amide bonds. The Hall–Kier alpha value is -1.37. The minimum atomic E-state index is -3.44. The van der Waals surface area contributed by atoms with Crippen LogP contribution in [0.4, 0.5) is 5.69 Å². The number of hydrogen-bond acceptors (Lipinski definition) is 4. The standard InChI is InChI=1S/C12H14N2O2S2/c1-14(8-10-5-3-2-4-6-10)18(15,16)12-7-11(13)9-17-12/h2-7,9H,8,13H2,1H3. The van der Waals surface area contributed by atoms with Crippen LogP contribution in [0.3, 0.4) is 0 Å². The lowest BCUT2D eigenvalue weighted by Crippen LogP contribution is -2.25. The zero-order chi connectivity index (χ0) is 13.2. The molecule has 0 unspecified atom stereocenters. The third kappa shape index (κ3) is 2.72. The van der Waals surface area contributed by atoms with Crippen molar-refractivity contribution in [3.8, 4) is 0 Å². The van der Waals surface area contributed by atoms with Gasteiger partial charge in [0.25, 0.3) is 10.0 Å². The molecule has 0 spiro atoms. The number of hydrogen-bond donors (Lipinski definition) is 1. The van der Waals surface area contributed by atoms with Gasteiger partial charge in [0.15, 0.2) is 0 Å². The van der Waals surface area contributed by atoms with Crippen LogP contribution in [0.1, 0.15) is 5.56 Å². The maximum absolute atomic E-state index is 12.2. The van der Waals surface area contributed by atoms with Crippen molar-refractivity contribution < 1.29 is 8.42 Å². The molecule has 0 saturated carbocycles. The maximum Gasteiger partial charge on any atom is 0.252 e. The van der Waals surface area contributed by atoms with Crippen LogP contribution in [-0.2, 0) is 16.6 Å². The van der Waals surface area contributed by atoms with Crippen LogP contribution < -0.4 is 5.73 Å². The van der Waals surface area contributed by atoms with Gasteiger partial charge in [-0.25, -0.2) is 8.42 Å². The van der Waals surface area contributed by atoms with Gasteiger partial charge >= 0.3 is 0 Å². The monoisotopic (exact) mass is 282 g/mol. The Labute approximate surface area is 111 Å². The number of nitrogens with zero attached hydrogens (tertiary/aromatic N) is 1. The van der Waals surface area contributed by atoms with Crippen molar-refractivity contribution >= 4 is 27.0 Å². The minimum absolute atomic E-state index is 0.276. The Morgan fingerprint density at radius 2 is 1.94 bits per heavy atom. The Balaban J connectivity index is 2.21. The van der Waals surface area contributed by atoms with Crippen molar-refractivity contribution in [1.82, 2.24) is 4.31 Å². The van der Waals surface area contributed by atoms with Gasteiger partial charge < -0.3 is 5.73 Å². The van der Waals surface area contributed by atoms with Crippen LogP contribution in [-0.4, -0.2) is 19.8 Å². The summed E-state index contributed by atoms with van der Waals surface area (Å²) in [6.07, 6.45) is 0. The highest BCUT2D eigenvalue weighted by Gasteiger charge is 2.22. The topological polar surface area (TPSA) is 63.4 Å². The molecular formula is C12H14N2O2S2. The zero-order valence-electron chi connectivity index (χ0n) is 9.91. The Morgan fingerprint density at radius 1 is 1.28 bits per heavy atom. The first-order valence-corrected chi connectivity index (χ1v) is 7.66. The molecule has 2 rings (SSSR count). The summed E-state index contributed by atoms with van der Waals surface area (Å²) in [5.74, 6) is 0. The molecule has 96 valence electrons. The molecule has 0 aliphatic rings. The molecule has 0 atom stereocenters. The van der Waals surface area contributed by atoms with Gasteiger partial charge in [-0.15, -0.1) is 11.3 Å². The summed E-state index contributed by atoms with van der Waals surface area (Å²) in [6.45, 7) is 0.348. The van der Waals surface area contributed by atoms with E-state index < -0.39 is 10.0 Å². The van der Waals surface area contributed by atoms with E-state index in [1.165, 1.54) is 10.4 Å². The van der Waals surface area contributed by atoms with Crippen LogP contribution >= 0.6 is 11.3 Å². The molecule has 1 aromatic heterocycles. The fourth-order valence-corrected chi connectivity index (χ4v) is 3.99. The number of thiophene rings is 1. The predicted octanol–water partition coefficient (Wildman–Crippen LogP) is 2.15. The lowest BCUT2D eigenvalue weighted by molar-refractivity contribution is 0.468. The molecule has 2 aromatic rings. The van der Waals surface area contributed by atoms with E-state index in [0.29, 0.717) is 12.2 Å². The van der Waals surface area contributed by atoms with E-state index in [0.717, 1.165) is 16.9 Å². The van der Waals surface area contributed by atoms with E-state index in [2.05, 4.69) is 0 Å². The molecule has 1 aromatic carbocycles. The lowest BCUT2D eigenvalue weighted by Gasteiger charge is -2.15. The van der Waals surface area contributed by atoms with Gasteiger partial charge in [-0.3, -0.25) is 0 Å². The fraction of sp³-hybridized carbons (Fsp3) is 0.167. The molecule has 0 saturated heterocycles. The van der Waals surface area contributed by atoms with E-state index in [4.69, 9.17) is 5.73 Å². The molecule has 2 N–H and O–H groups in total. The number of rotatable bonds is 4. The smallest absolute Gasteiger partial charge is 0.252 e. The maximum atomic E-state index is 12.2. The van der Waals surface area contributed by atoms with Crippen molar-refractivity contribution in [2.45, 2.75) is 10.8 Å².